The van der Waals surface area contributed by atoms with Crippen LogP contribution in [0.1, 0.15) is 107 Å². The van der Waals surface area contributed by atoms with Crippen molar-refractivity contribution in [3.05, 3.63) is 45.4 Å². The molecule has 0 bridgehead atoms. The zero-order valence-electron chi connectivity index (χ0n) is 23.1. The maximum atomic E-state index is 9.82. The lowest BCUT2D eigenvalue weighted by atomic mass is 9.79. The Balaban J connectivity index is 0.00000156. The maximum absolute atomic E-state index is 9.82. The Morgan fingerprint density at radius 2 is 2.05 bits per heavy atom. The highest BCUT2D eigenvalue weighted by atomic mass is 32.1. The van der Waals surface area contributed by atoms with Gasteiger partial charge in [0.2, 0.25) is 0 Å². The van der Waals surface area contributed by atoms with Gasteiger partial charge >= 0.3 is 0 Å². The van der Waals surface area contributed by atoms with Gasteiger partial charge in [0.25, 0.3) is 0 Å². The molecule has 198 valence electrons. The minimum Gasteiger partial charge on any atom is -0.389 e. The fourth-order valence-electron chi connectivity index (χ4n) is 6.11. The van der Waals surface area contributed by atoms with Crippen molar-refractivity contribution >= 4 is 27.6 Å². The molecule has 4 atom stereocenters. The number of nitrogens with zero attached hydrogens (tertiary/aromatic N) is 4. The SMILES string of the molecule is CC.CCCC1=C(c2ccnc(CCC3C[C@H](C)C(C)N3)n2)CN=C1[C@H]1CCCc2sc(N)c(C#N)c21. The summed E-state index contributed by atoms with van der Waals surface area (Å²) >= 11 is 1.59. The van der Waals surface area contributed by atoms with Crippen molar-refractivity contribution in [2.75, 3.05) is 12.3 Å². The predicted octanol–water partition coefficient (Wildman–Crippen LogP) is 6.47. The number of anilines is 1. The maximum Gasteiger partial charge on any atom is 0.128 e. The van der Waals surface area contributed by atoms with Crippen LogP contribution in [0.25, 0.3) is 5.57 Å². The number of nitriles is 1. The van der Waals surface area contributed by atoms with Crippen LogP contribution in [0.2, 0.25) is 0 Å². The van der Waals surface area contributed by atoms with Crippen molar-refractivity contribution in [3.63, 3.8) is 0 Å². The van der Waals surface area contributed by atoms with Crippen molar-refractivity contribution in [1.82, 2.24) is 15.3 Å². The summed E-state index contributed by atoms with van der Waals surface area (Å²) in [7, 11) is 0. The molecule has 37 heavy (non-hydrogen) atoms. The Bertz CT molecular complexity index is 1190. The quantitative estimate of drug-likeness (QED) is 0.438. The number of aryl methyl sites for hydroxylation is 2. The normalized spacial score (nSPS) is 24.8. The molecule has 7 heteroatoms. The third-order valence-corrected chi connectivity index (χ3v) is 9.15. The Morgan fingerprint density at radius 3 is 2.76 bits per heavy atom. The molecule has 0 amide bonds. The number of hydrogen-bond acceptors (Lipinski definition) is 7. The molecule has 6 nitrogen and oxygen atoms in total. The van der Waals surface area contributed by atoms with E-state index >= 15 is 0 Å². The van der Waals surface area contributed by atoms with E-state index in [0.29, 0.717) is 29.2 Å². The molecule has 4 heterocycles. The van der Waals surface area contributed by atoms with Gasteiger partial charge in [-0.25, -0.2) is 9.97 Å². The lowest BCUT2D eigenvalue weighted by Crippen LogP contribution is -2.28. The first kappa shape index (κ1) is 27.5. The molecule has 3 N–H and O–H groups in total. The van der Waals surface area contributed by atoms with E-state index in [9.17, 15) is 5.26 Å². The average molecular weight is 519 g/mol. The van der Waals surface area contributed by atoms with Gasteiger partial charge in [0, 0.05) is 46.8 Å². The Kier molecular flexibility index (Phi) is 9.15. The summed E-state index contributed by atoms with van der Waals surface area (Å²) in [4.78, 5) is 16.0. The van der Waals surface area contributed by atoms with E-state index in [-0.39, 0.29) is 5.92 Å². The molecule has 1 aliphatic carbocycles. The largest absolute Gasteiger partial charge is 0.389 e. The first-order valence-electron chi connectivity index (χ1n) is 14.2. The van der Waals surface area contributed by atoms with E-state index in [1.165, 1.54) is 22.4 Å². The molecule has 3 aliphatic rings. The first-order valence-corrected chi connectivity index (χ1v) is 15.0. The number of nitrogens with two attached hydrogens (primary N) is 1. The van der Waals surface area contributed by atoms with Crippen LogP contribution in [-0.2, 0) is 12.8 Å². The van der Waals surface area contributed by atoms with Gasteiger partial charge in [0.05, 0.1) is 17.8 Å². The third kappa shape index (κ3) is 5.66. The molecule has 0 saturated carbocycles. The van der Waals surface area contributed by atoms with Crippen molar-refractivity contribution in [2.24, 2.45) is 10.9 Å². The van der Waals surface area contributed by atoms with Crippen molar-refractivity contribution in [1.29, 1.82) is 5.26 Å². The van der Waals surface area contributed by atoms with Gasteiger partial charge in [-0.3, -0.25) is 4.99 Å². The van der Waals surface area contributed by atoms with E-state index in [2.05, 4.69) is 37.1 Å². The molecule has 1 fully saturated rings. The van der Waals surface area contributed by atoms with Gasteiger partial charge in [-0.15, -0.1) is 11.3 Å². The van der Waals surface area contributed by atoms with Gasteiger partial charge < -0.3 is 11.1 Å². The fourth-order valence-corrected chi connectivity index (χ4v) is 7.23. The molecule has 5 rings (SSSR count). The molecule has 0 radical (unpaired) electrons. The van der Waals surface area contributed by atoms with Crippen molar-refractivity contribution in [2.45, 2.75) is 104 Å². The molecule has 2 unspecified atom stereocenters. The zero-order chi connectivity index (χ0) is 26.5. The number of nitrogen functional groups attached to an aromatic ring is 1. The van der Waals surface area contributed by atoms with E-state index in [0.717, 1.165) is 73.7 Å². The molecular formula is C30H42N6S. The average Bonchev–Trinajstić information content (AvgIpc) is 3.58. The number of aliphatic imine (C=N–C) groups is 1. The molecule has 2 aromatic heterocycles. The van der Waals surface area contributed by atoms with Crippen LogP contribution < -0.4 is 11.1 Å². The topological polar surface area (TPSA) is 100.0 Å². The minimum atomic E-state index is 0.166. The van der Waals surface area contributed by atoms with E-state index in [1.807, 2.05) is 26.1 Å². The van der Waals surface area contributed by atoms with Crippen LogP contribution in [0.4, 0.5) is 5.00 Å². The van der Waals surface area contributed by atoms with Gasteiger partial charge in [-0.05, 0) is 68.6 Å². The Hall–Kier alpha value is -2.56. The van der Waals surface area contributed by atoms with Crippen LogP contribution in [0, 0.1) is 17.2 Å². The van der Waals surface area contributed by atoms with Crippen LogP contribution in [-0.4, -0.2) is 34.3 Å². The van der Waals surface area contributed by atoms with Crippen molar-refractivity contribution < 1.29 is 0 Å². The summed E-state index contributed by atoms with van der Waals surface area (Å²) in [6.45, 7) is 11.5. The second-order valence-electron chi connectivity index (χ2n) is 10.4. The third-order valence-electron chi connectivity index (χ3n) is 8.06. The number of allylic oxidation sites excluding steroid dienone is 1. The molecule has 2 aromatic rings. The number of hydrogen-bond donors (Lipinski definition) is 2. The Morgan fingerprint density at radius 1 is 1.24 bits per heavy atom. The standard InChI is InChI=1S/C28H36N6S.C2H6/c1-4-6-19-22(23-11-12-31-25(34-23)10-9-18-13-16(2)17(3)33-18)15-32-27(19)20-7-5-8-24-26(20)21(14-29)28(30)35-24;1-2/h11-12,16-18,20,33H,4-10,13,15,30H2,1-3H3;1-2H3/t16-,17?,18?,20-;/m0./s1. The monoisotopic (exact) mass is 518 g/mol. The number of nitrogens with one attached hydrogen (secondary N) is 1. The number of thiophene rings is 1. The molecule has 1 saturated heterocycles. The first-order chi connectivity index (χ1) is 18.0. The van der Waals surface area contributed by atoms with Crippen LogP contribution in [0.5, 0.6) is 0 Å². The minimum absolute atomic E-state index is 0.166. The molecule has 0 spiro atoms. The van der Waals surface area contributed by atoms with Crippen LogP contribution in [0.15, 0.2) is 22.8 Å². The van der Waals surface area contributed by atoms with Gasteiger partial charge in [0.1, 0.15) is 16.9 Å². The smallest absolute Gasteiger partial charge is 0.128 e. The lowest BCUT2D eigenvalue weighted by Gasteiger charge is -2.25. The predicted molar refractivity (Wildman–Crippen MR) is 155 cm³/mol. The van der Waals surface area contributed by atoms with Crippen molar-refractivity contribution in [3.8, 4) is 6.07 Å². The van der Waals surface area contributed by atoms with E-state index in [1.54, 1.807) is 11.3 Å². The fraction of sp³-hybridized carbons (Fsp3) is 0.600. The van der Waals surface area contributed by atoms with E-state index < -0.39 is 0 Å². The Labute approximate surface area is 226 Å². The summed E-state index contributed by atoms with van der Waals surface area (Å²) < 4.78 is 0. The summed E-state index contributed by atoms with van der Waals surface area (Å²) in [6.07, 6.45) is 10.3. The highest BCUT2D eigenvalue weighted by Crippen LogP contribution is 2.45. The second-order valence-corrected chi connectivity index (χ2v) is 11.5. The highest BCUT2D eigenvalue weighted by Gasteiger charge is 2.35. The van der Waals surface area contributed by atoms with Gasteiger partial charge in [-0.2, -0.15) is 5.26 Å². The lowest BCUT2D eigenvalue weighted by molar-refractivity contribution is 0.510. The van der Waals surface area contributed by atoms with Gasteiger partial charge in [-0.1, -0.05) is 34.1 Å². The zero-order valence-corrected chi connectivity index (χ0v) is 23.9. The van der Waals surface area contributed by atoms with Crippen LogP contribution in [0.3, 0.4) is 0 Å². The number of rotatable bonds is 7. The summed E-state index contributed by atoms with van der Waals surface area (Å²) in [6, 6.07) is 5.57. The highest BCUT2D eigenvalue weighted by molar-refractivity contribution is 7.16. The molecule has 2 aliphatic heterocycles. The van der Waals surface area contributed by atoms with Gasteiger partial charge in [0.15, 0.2) is 0 Å². The van der Waals surface area contributed by atoms with Crippen LogP contribution >= 0.6 is 11.3 Å². The molecule has 0 aromatic carbocycles. The molecular weight excluding hydrogens is 476 g/mol. The number of fused-ring (bicyclic) bond motifs is 1. The number of aromatic nitrogens is 2. The van der Waals surface area contributed by atoms with E-state index in [4.69, 9.17) is 15.7 Å². The summed E-state index contributed by atoms with van der Waals surface area (Å²) in [5, 5.41) is 14.2. The summed E-state index contributed by atoms with van der Waals surface area (Å²) in [5.41, 5.74) is 12.8. The second kappa shape index (κ2) is 12.3. The summed E-state index contributed by atoms with van der Waals surface area (Å²) in [5.74, 6) is 1.81.